The molecule has 11 atom stereocenters. The standard InChI is InChI=1S/C60H96N10O14/c1-14-38(8)52(44(83-12)34-48(74)69-32-22-26-43(69)53(84-13)39(9)54(75)64-42(59(80)81)33-40-23-17-15-18-24-40)68(11)58(79)50(36(4)5)66-56(77)51(37(6)7)67(10)57(78)41(25-21-30-62-60(61)82)63-55(76)49(35(2)3)65-45(71)27-19-16-20-31-70-46(72)28-29-47(70)73/h15,17-18,23-24,28-29,35-39,41-44,49-53H,14,16,19-22,25-27,30-34H2,1-13H3,(H,63,76)(H,64,75)(H,65,71)(H,66,77)(H,80,81)(H3,61,62,82)/t38-,39+,41-,42-,43-,44+,49-,50-,51-,52-,53+/m0/s1. The van der Waals surface area contributed by atoms with Gasteiger partial charge in [-0.1, -0.05) is 105 Å². The maximum absolute atomic E-state index is 14.9. The van der Waals surface area contributed by atoms with Crippen molar-refractivity contribution < 1.29 is 67.3 Å². The van der Waals surface area contributed by atoms with E-state index in [1.165, 1.54) is 43.2 Å². The monoisotopic (exact) mass is 1180 g/mol. The molecule has 3 rings (SSSR count). The summed E-state index contributed by atoms with van der Waals surface area (Å²) in [6.45, 7) is 16.7. The van der Waals surface area contributed by atoms with Crippen molar-refractivity contribution in [1.82, 2.24) is 46.2 Å². The van der Waals surface area contributed by atoms with E-state index in [0.717, 1.165) is 10.5 Å². The molecule has 0 spiro atoms. The topological polar surface area (TPSA) is 326 Å². The van der Waals surface area contributed by atoms with E-state index in [1.807, 2.05) is 19.9 Å². The maximum atomic E-state index is 14.9. The summed E-state index contributed by atoms with van der Waals surface area (Å²) in [5.41, 5.74) is 6.04. The van der Waals surface area contributed by atoms with E-state index in [1.54, 1.807) is 84.7 Å². The molecule has 24 nitrogen and oxygen atoms in total. The number of rotatable bonds is 36. The molecule has 0 radical (unpaired) electrons. The first-order valence-electron chi connectivity index (χ1n) is 29.5. The second-order valence-corrected chi connectivity index (χ2v) is 23.3. The lowest BCUT2D eigenvalue weighted by Crippen LogP contribution is -2.62. The second-order valence-electron chi connectivity index (χ2n) is 23.3. The molecule has 0 saturated carbocycles. The van der Waals surface area contributed by atoms with Gasteiger partial charge in [0.1, 0.15) is 30.2 Å². The minimum absolute atomic E-state index is 0.00219. The number of carbonyl (C=O) groups excluding carboxylic acids is 10. The Hall–Kier alpha value is -6.95. The number of likely N-dealkylation sites (N-methyl/N-ethyl adjacent to an activating group) is 2. The highest BCUT2D eigenvalue weighted by atomic mass is 16.5. The van der Waals surface area contributed by atoms with E-state index in [2.05, 4.69) is 26.6 Å². The highest BCUT2D eigenvalue weighted by molar-refractivity contribution is 6.12. The minimum atomic E-state index is -1.24. The van der Waals surface area contributed by atoms with Gasteiger partial charge < -0.3 is 61.6 Å². The number of aliphatic carboxylic acids is 1. The van der Waals surface area contributed by atoms with E-state index in [9.17, 15) is 57.8 Å². The fourth-order valence-corrected chi connectivity index (χ4v) is 11.1. The lowest BCUT2D eigenvalue weighted by atomic mass is 9.89. The van der Waals surface area contributed by atoms with Crippen molar-refractivity contribution >= 4 is 65.2 Å². The number of nitrogens with zero attached hydrogens (tertiary/aromatic N) is 4. The number of carboxylic acid groups (broad SMARTS) is 1. The Morgan fingerprint density at radius 2 is 1.35 bits per heavy atom. The molecule has 0 bridgehead atoms. The molecule has 2 heterocycles. The van der Waals surface area contributed by atoms with E-state index >= 15 is 0 Å². The fourth-order valence-electron chi connectivity index (χ4n) is 11.1. The first-order chi connectivity index (χ1) is 39.6. The number of hydrogen-bond donors (Lipinski definition) is 7. The van der Waals surface area contributed by atoms with Gasteiger partial charge >= 0.3 is 12.0 Å². The Morgan fingerprint density at radius 3 is 1.89 bits per heavy atom. The Bertz CT molecular complexity index is 2420. The van der Waals surface area contributed by atoms with E-state index in [4.69, 9.17) is 15.2 Å². The molecule has 2 aliphatic rings. The summed E-state index contributed by atoms with van der Waals surface area (Å²) in [7, 11) is 5.95. The summed E-state index contributed by atoms with van der Waals surface area (Å²) in [5, 5.41) is 23.6. The van der Waals surface area contributed by atoms with Gasteiger partial charge in [0.25, 0.3) is 11.8 Å². The summed E-state index contributed by atoms with van der Waals surface area (Å²) >= 11 is 0. The number of nitrogens with one attached hydrogen (secondary N) is 5. The Kier molecular flexibility index (Phi) is 29.5. The number of unbranched alkanes of at least 4 members (excludes halogenated alkanes) is 2. The van der Waals surface area contributed by atoms with Crippen LogP contribution in [0.1, 0.15) is 132 Å². The Labute approximate surface area is 495 Å². The Balaban J connectivity index is 1.80. The van der Waals surface area contributed by atoms with Gasteiger partial charge in [0.2, 0.25) is 41.4 Å². The van der Waals surface area contributed by atoms with Crippen molar-refractivity contribution in [3.63, 3.8) is 0 Å². The van der Waals surface area contributed by atoms with Gasteiger partial charge in [-0.3, -0.25) is 48.1 Å². The first kappa shape index (κ1) is 71.3. The molecule has 1 aromatic rings. The van der Waals surface area contributed by atoms with Gasteiger partial charge in [-0.05, 0) is 67.8 Å². The molecule has 0 aromatic heterocycles. The lowest BCUT2D eigenvalue weighted by Gasteiger charge is -2.41. The number of methoxy groups -OCH3 is 2. The van der Waals surface area contributed by atoms with Crippen LogP contribution in [0.2, 0.25) is 0 Å². The normalized spacial score (nSPS) is 17.8. The molecule has 8 N–H and O–H groups in total. The zero-order valence-corrected chi connectivity index (χ0v) is 51.6. The molecule has 2 aliphatic heterocycles. The molecule has 1 aromatic carbocycles. The third-order valence-corrected chi connectivity index (χ3v) is 16.1. The summed E-state index contributed by atoms with van der Waals surface area (Å²) in [6, 6.07) is 1.16. The summed E-state index contributed by atoms with van der Waals surface area (Å²) in [4.78, 5) is 153. The van der Waals surface area contributed by atoms with E-state index < -0.39 is 126 Å². The van der Waals surface area contributed by atoms with Gasteiger partial charge in [0, 0.05) is 72.9 Å². The molecule has 470 valence electrons. The number of urea groups is 1. The van der Waals surface area contributed by atoms with E-state index in [0.29, 0.717) is 45.1 Å². The zero-order chi connectivity index (χ0) is 63.1. The number of imide groups is 1. The smallest absolute Gasteiger partial charge is 0.326 e. The predicted octanol–water partition coefficient (Wildman–Crippen LogP) is 2.90. The maximum Gasteiger partial charge on any atom is 0.326 e. The van der Waals surface area contributed by atoms with Crippen LogP contribution >= 0.6 is 0 Å². The zero-order valence-electron chi connectivity index (χ0n) is 51.6. The van der Waals surface area contributed by atoms with Gasteiger partial charge in [0.15, 0.2) is 0 Å². The van der Waals surface area contributed by atoms with Crippen LogP contribution < -0.4 is 32.3 Å². The van der Waals surface area contributed by atoms with Crippen molar-refractivity contribution in [2.45, 2.75) is 187 Å². The predicted molar refractivity (Wildman–Crippen MR) is 314 cm³/mol. The van der Waals surface area contributed by atoms with Crippen LogP contribution in [-0.2, 0) is 63.8 Å². The van der Waals surface area contributed by atoms with Crippen LogP contribution in [0.15, 0.2) is 42.5 Å². The molecule has 11 amide bonds. The number of carboxylic acids is 1. The fraction of sp³-hybridized carbons (Fsp3) is 0.683. The Morgan fingerprint density at radius 1 is 0.726 bits per heavy atom. The summed E-state index contributed by atoms with van der Waals surface area (Å²) < 4.78 is 12.0. The van der Waals surface area contributed by atoms with Crippen molar-refractivity contribution in [1.29, 1.82) is 0 Å². The van der Waals surface area contributed by atoms with Crippen LogP contribution in [0.4, 0.5) is 4.79 Å². The number of nitrogens with two attached hydrogens (primary N) is 1. The first-order valence-corrected chi connectivity index (χ1v) is 29.5. The number of benzene rings is 1. The quantitative estimate of drug-likeness (QED) is 0.0376. The molecule has 84 heavy (non-hydrogen) atoms. The molecular formula is C60H96N10O14. The average molecular weight is 1180 g/mol. The molecule has 0 unspecified atom stereocenters. The SMILES string of the molecule is CC[C@H](C)[C@@H]([C@@H](CC(=O)N1CCC[C@H]1[C@H](OC)[C@@H](C)C(=O)N[C@@H](Cc1ccccc1)C(=O)O)OC)N(C)C(=O)[C@@H](NC(=O)[C@H](C(C)C)N(C)C(=O)[C@H](CCCNC(N)=O)NC(=O)[C@@H](NC(=O)CCCCCN1C(=O)C=CC1=O)C(C)C)C(C)C. The van der Waals surface area contributed by atoms with Crippen LogP contribution in [0.3, 0.4) is 0 Å². The van der Waals surface area contributed by atoms with Crippen LogP contribution in [-0.4, -0.2) is 192 Å². The summed E-state index contributed by atoms with van der Waals surface area (Å²) in [6.07, 6.45) is 4.14. The number of likely N-dealkylation sites (tertiary alicyclic amines) is 1. The van der Waals surface area contributed by atoms with Crippen molar-refractivity contribution in [2.75, 3.05) is 47.9 Å². The van der Waals surface area contributed by atoms with Crippen LogP contribution in [0.5, 0.6) is 0 Å². The number of carbonyl (C=O) groups is 11. The van der Waals surface area contributed by atoms with Gasteiger partial charge in [-0.25, -0.2) is 9.59 Å². The third kappa shape index (κ3) is 20.7. The number of amides is 11. The largest absolute Gasteiger partial charge is 0.480 e. The second kappa shape index (κ2) is 34.7. The number of ether oxygens (including phenoxy) is 2. The number of primary amides is 1. The molecular weight excluding hydrogens is 1080 g/mol. The van der Waals surface area contributed by atoms with Crippen molar-refractivity contribution in [2.24, 2.45) is 35.3 Å². The van der Waals surface area contributed by atoms with Crippen molar-refractivity contribution in [3.8, 4) is 0 Å². The third-order valence-electron chi connectivity index (χ3n) is 16.1. The average Bonchev–Trinajstić information content (AvgIpc) is 4.24. The molecule has 1 saturated heterocycles. The van der Waals surface area contributed by atoms with Crippen molar-refractivity contribution in [3.05, 3.63) is 48.0 Å². The molecule has 0 aliphatic carbocycles. The number of hydrogen-bond acceptors (Lipinski definition) is 13. The minimum Gasteiger partial charge on any atom is -0.480 e. The highest BCUT2D eigenvalue weighted by Crippen LogP contribution is 2.30. The van der Waals surface area contributed by atoms with E-state index in [-0.39, 0.29) is 68.8 Å². The van der Waals surface area contributed by atoms with Crippen LogP contribution in [0, 0.1) is 29.6 Å². The van der Waals surface area contributed by atoms with Gasteiger partial charge in [-0.15, -0.1) is 0 Å². The lowest BCUT2D eigenvalue weighted by molar-refractivity contribution is -0.149. The van der Waals surface area contributed by atoms with Crippen LogP contribution in [0.25, 0.3) is 0 Å². The summed E-state index contributed by atoms with van der Waals surface area (Å²) in [5.74, 6) is -8.11. The molecule has 24 heteroatoms. The highest BCUT2D eigenvalue weighted by Gasteiger charge is 2.44. The molecule has 1 fully saturated rings. The van der Waals surface area contributed by atoms with Gasteiger partial charge in [0.05, 0.1) is 36.6 Å². The van der Waals surface area contributed by atoms with Gasteiger partial charge in [-0.2, -0.15) is 0 Å².